The van der Waals surface area contributed by atoms with Gasteiger partial charge in [0, 0.05) is 11.3 Å². The number of nitrogens with two attached hydrogens (primary N) is 1. The van der Waals surface area contributed by atoms with Crippen LogP contribution < -0.4 is 15.8 Å². The van der Waals surface area contributed by atoms with E-state index in [-0.39, 0.29) is 22.5 Å². The van der Waals surface area contributed by atoms with Crippen LogP contribution in [0.1, 0.15) is 18.4 Å². The molecule has 0 aliphatic heterocycles. The van der Waals surface area contributed by atoms with Gasteiger partial charge in [-0.25, -0.2) is 13.4 Å². The molecular formula is C25H21N7O4S. The van der Waals surface area contributed by atoms with Gasteiger partial charge in [-0.05, 0) is 73.9 Å². The summed E-state index contributed by atoms with van der Waals surface area (Å²) in [4.78, 5) is 20.9. The summed E-state index contributed by atoms with van der Waals surface area (Å²) >= 11 is 0. The zero-order valence-electron chi connectivity index (χ0n) is 19.6. The van der Waals surface area contributed by atoms with Crippen LogP contribution in [0.2, 0.25) is 0 Å². The van der Waals surface area contributed by atoms with Gasteiger partial charge >= 0.3 is 0 Å². The lowest BCUT2D eigenvalue weighted by atomic mass is 10.1. The number of nitriles is 1. The lowest BCUT2D eigenvalue weighted by Crippen LogP contribution is -2.23. The first kappa shape index (κ1) is 24.0. The molecule has 1 amide bonds. The van der Waals surface area contributed by atoms with E-state index in [9.17, 15) is 18.5 Å². The number of nitrogens with zero attached hydrogens (tertiary/aromatic N) is 4. The number of nitrogens with one attached hydrogen (secondary N) is 2. The van der Waals surface area contributed by atoms with Gasteiger partial charge in [-0.2, -0.15) is 10.2 Å². The first-order chi connectivity index (χ1) is 17.7. The molecule has 186 valence electrons. The van der Waals surface area contributed by atoms with Crippen molar-refractivity contribution in [2.45, 2.75) is 24.7 Å². The zero-order chi connectivity index (χ0) is 26.2. The second-order valence-electron chi connectivity index (χ2n) is 8.63. The summed E-state index contributed by atoms with van der Waals surface area (Å²) in [7, 11) is -3.95. The van der Waals surface area contributed by atoms with Gasteiger partial charge in [0.1, 0.15) is 16.9 Å². The maximum absolute atomic E-state index is 13.1. The SMILES string of the molecule is Cc1c(NC(=O)C2(C#N)CC2)cccc1NS(=O)(=O)c1ccc(-c2noc(-c3cccc(N)n3)n2)cc1. The average molecular weight is 516 g/mol. The molecule has 12 heteroatoms. The van der Waals surface area contributed by atoms with Crippen molar-refractivity contribution in [3.63, 3.8) is 0 Å². The maximum Gasteiger partial charge on any atom is 0.276 e. The number of nitrogen functional groups attached to an aromatic ring is 1. The van der Waals surface area contributed by atoms with Crippen molar-refractivity contribution in [1.29, 1.82) is 5.26 Å². The van der Waals surface area contributed by atoms with E-state index in [1.165, 1.54) is 12.1 Å². The van der Waals surface area contributed by atoms with Crippen LogP contribution in [0.25, 0.3) is 23.0 Å². The summed E-state index contributed by atoms with van der Waals surface area (Å²) in [6.07, 6.45) is 1.03. The molecule has 2 aromatic heterocycles. The Balaban J connectivity index is 1.33. The van der Waals surface area contributed by atoms with Gasteiger partial charge in [-0.3, -0.25) is 9.52 Å². The fourth-order valence-corrected chi connectivity index (χ4v) is 4.76. The molecule has 0 radical (unpaired) electrons. The first-order valence-electron chi connectivity index (χ1n) is 11.2. The number of benzene rings is 2. The standard InChI is InChI=1S/C25H21N7O4S/c1-15-18(29-24(33)25(14-26)12-13-25)4-2-5-19(15)32-37(34,35)17-10-8-16(9-11-17)22-30-23(36-31-22)20-6-3-7-21(27)28-20/h2-11,32H,12-13H2,1H3,(H2,27,28)(H,29,33). The summed E-state index contributed by atoms with van der Waals surface area (Å²) in [5.74, 6) is 0.382. The molecule has 4 aromatic rings. The molecule has 5 rings (SSSR count). The molecule has 0 saturated heterocycles. The predicted molar refractivity (Wildman–Crippen MR) is 135 cm³/mol. The highest BCUT2D eigenvalue weighted by Crippen LogP contribution is 2.46. The van der Waals surface area contributed by atoms with Crippen LogP contribution in [-0.2, 0) is 14.8 Å². The minimum absolute atomic E-state index is 0.0210. The molecule has 0 spiro atoms. The number of pyridine rings is 1. The van der Waals surface area contributed by atoms with Crippen LogP contribution in [0, 0.1) is 23.7 Å². The number of sulfonamides is 1. The Morgan fingerprint density at radius 3 is 2.43 bits per heavy atom. The van der Waals surface area contributed by atoms with Crippen LogP contribution in [0.5, 0.6) is 0 Å². The molecule has 11 nitrogen and oxygen atoms in total. The Labute approximate surface area is 212 Å². The fraction of sp³-hybridized carbons (Fsp3) is 0.160. The minimum Gasteiger partial charge on any atom is -0.384 e. The van der Waals surface area contributed by atoms with E-state index in [0.29, 0.717) is 46.9 Å². The smallest absolute Gasteiger partial charge is 0.276 e. The molecule has 0 unspecified atom stereocenters. The fourth-order valence-electron chi connectivity index (χ4n) is 3.64. The highest BCUT2D eigenvalue weighted by molar-refractivity contribution is 7.92. The second-order valence-corrected chi connectivity index (χ2v) is 10.3. The number of hydrogen-bond donors (Lipinski definition) is 3. The van der Waals surface area contributed by atoms with Crippen molar-refractivity contribution in [2.75, 3.05) is 15.8 Å². The molecule has 4 N–H and O–H groups in total. The Bertz CT molecular complexity index is 1650. The third-order valence-electron chi connectivity index (χ3n) is 6.06. The van der Waals surface area contributed by atoms with Crippen molar-refractivity contribution in [3.8, 4) is 29.0 Å². The highest BCUT2D eigenvalue weighted by atomic mass is 32.2. The van der Waals surface area contributed by atoms with Crippen molar-refractivity contribution in [1.82, 2.24) is 15.1 Å². The maximum atomic E-state index is 13.1. The van der Waals surface area contributed by atoms with Crippen LogP contribution in [0.3, 0.4) is 0 Å². The number of rotatable bonds is 7. The Morgan fingerprint density at radius 1 is 1.05 bits per heavy atom. The van der Waals surface area contributed by atoms with Crippen molar-refractivity contribution < 1.29 is 17.7 Å². The van der Waals surface area contributed by atoms with E-state index in [1.54, 1.807) is 55.5 Å². The third-order valence-corrected chi connectivity index (χ3v) is 7.44. The van der Waals surface area contributed by atoms with E-state index in [0.717, 1.165) is 0 Å². The lowest BCUT2D eigenvalue weighted by molar-refractivity contribution is -0.119. The van der Waals surface area contributed by atoms with Crippen LogP contribution in [0.4, 0.5) is 17.2 Å². The van der Waals surface area contributed by atoms with Gasteiger partial charge in [0.05, 0.1) is 16.7 Å². The third kappa shape index (κ3) is 4.72. The van der Waals surface area contributed by atoms with Crippen LogP contribution in [0.15, 0.2) is 70.1 Å². The Morgan fingerprint density at radius 2 is 1.76 bits per heavy atom. The molecule has 1 aliphatic carbocycles. The van der Waals surface area contributed by atoms with E-state index < -0.39 is 15.4 Å². The van der Waals surface area contributed by atoms with Crippen molar-refractivity contribution in [3.05, 3.63) is 66.2 Å². The van der Waals surface area contributed by atoms with Gasteiger partial charge in [0.25, 0.3) is 15.9 Å². The Kier molecular flexibility index (Phi) is 5.85. The summed E-state index contributed by atoms with van der Waals surface area (Å²) in [5.41, 5.74) is 6.95. The molecule has 1 saturated carbocycles. The average Bonchev–Trinajstić information content (AvgIpc) is 3.54. The van der Waals surface area contributed by atoms with Crippen molar-refractivity contribution >= 4 is 33.1 Å². The summed E-state index contributed by atoms with van der Waals surface area (Å²) in [5, 5.41) is 15.9. The van der Waals surface area contributed by atoms with Crippen molar-refractivity contribution in [2.24, 2.45) is 5.41 Å². The normalized spacial score (nSPS) is 13.9. The number of anilines is 3. The number of aromatic nitrogens is 3. The van der Waals surface area contributed by atoms with E-state index in [4.69, 9.17) is 10.3 Å². The van der Waals surface area contributed by atoms with E-state index >= 15 is 0 Å². The molecule has 0 bridgehead atoms. The van der Waals surface area contributed by atoms with Gasteiger partial charge in [-0.1, -0.05) is 17.3 Å². The number of amides is 1. The summed E-state index contributed by atoms with van der Waals surface area (Å²) < 4.78 is 33.9. The van der Waals surface area contributed by atoms with Gasteiger partial charge in [-0.15, -0.1) is 0 Å². The highest BCUT2D eigenvalue weighted by Gasteiger charge is 2.50. The van der Waals surface area contributed by atoms with Gasteiger partial charge < -0.3 is 15.6 Å². The van der Waals surface area contributed by atoms with Crippen LogP contribution >= 0.6 is 0 Å². The number of hydrogen-bond acceptors (Lipinski definition) is 9. The van der Waals surface area contributed by atoms with E-state index in [2.05, 4.69) is 25.2 Å². The van der Waals surface area contributed by atoms with E-state index in [1.807, 2.05) is 6.07 Å². The zero-order valence-corrected chi connectivity index (χ0v) is 20.4. The molecule has 2 aromatic carbocycles. The number of carbonyl (C=O) groups excluding carboxylic acids is 1. The van der Waals surface area contributed by atoms with Gasteiger partial charge in [0.2, 0.25) is 11.7 Å². The molecule has 2 heterocycles. The topological polar surface area (TPSA) is 177 Å². The number of carbonyl (C=O) groups is 1. The quantitative estimate of drug-likeness (QED) is 0.331. The molecule has 1 fully saturated rings. The Hall–Kier alpha value is -4.76. The van der Waals surface area contributed by atoms with Crippen LogP contribution in [-0.4, -0.2) is 29.4 Å². The lowest BCUT2D eigenvalue weighted by Gasteiger charge is -2.15. The molecule has 0 atom stereocenters. The molecule has 1 aliphatic rings. The van der Waals surface area contributed by atoms with Gasteiger partial charge in [0.15, 0.2) is 0 Å². The minimum atomic E-state index is -3.95. The predicted octanol–water partition coefficient (Wildman–Crippen LogP) is 3.73. The molecule has 37 heavy (non-hydrogen) atoms. The largest absolute Gasteiger partial charge is 0.384 e. The monoisotopic (exact) mass is 515 g/mol. The molecular weight excluding hydrogens is 494 g/mol. The summed E-state index contributed by atoms with van der Waals surface area (Å²) in [6, 6.07) is 18.0. The first-order valence-corrected chi connectivity index (χ1v) is 12.7. The summed E-state index contributed by atoms with van der Waals surface area (Å²) in [6.45, 7) is 1.69. The second kappa shape index (κ2) is 9.03.